The van der Waals surface area contributed by atoms with Gasteiger partial charge in [0, 0.05) is 24.3 Å². The first-order valence-corrected chi connectivity index (χ1v) is 15.4. The van der Waals surface area contributed by atoms with Crippen LogP contribution in [0.4, 0.5) is 0 Å². The van der Waals surface area contributed by atoms with E-state index in [0.29, 0.717) is 24.8 Å². The standard InChI is InChI=1S/C34H46N2O6/c1-7-34(32(38)39)29(33(3,4)5)28(42-20-24-18-23(22-15-16-22)19-35-30(24)40-6)27(25-13-9-8-12-21(25)2)36(34)31(37)26-14-10-11-17-41-26/h8-9,12-13,18-19,22,26-29H,7,10-11,14-17,20H2,1-6H3,(H,38,39)/t26?,27-,28+,29+,34-/m0/s1. The maximum Gasteiger partial charge on any atom is 0.330 e. The average molecular weight is 579 g/mol. The molecule has 1 aromatic heterocycles. The summed E-state index contributed by atoms with van der Waals surface area (Å²) in [6.45, 7) is 10.7. The van der Waals surface area contributed by atoms with Gasteiger partial charge in [-0.05, 0) is 79.5 Å². The number of methoxy groups -OCH3 is 1. The number of nitrogens with zero attached hydrogens (tertiary/aromatic N) is 2. The van der Waals surface area contributed by atoms with Crippen LogP contribution in [0.5, 0.6) is 5.88 Å². The summed E-state index contributed by atoms with van der Waals surface area (Å²) < 4.78 is 18.5. The summed E-state index contributed by atoms with van der Waals surface area (Å²) in [5.74, 6) is -0.772. The fourth-order valence-corrected chi connectivity index (χ4v) is 7.46. The lowest BCUT2D eigenvalue weighted by molar-refractivity contribution is -0.170. The molecule has 42 heavy (non-hydrogen) atoms. The molecular weight excluding hydrogens is 532 g/mol. The van der Waals surface area contributed by atoms with Gasteiger partial charge in [0.15, 0.2) is 0 Å². The molecule has 0 radical (unpaired) electrons. The minimum atomic E-state index is -1.49. The molecule has 1 aliphatic carbocycles. The van der Waals surface area contributed by atoms with Gasteiger partial charge in [0.25, 0.3) is 5.91 Å². The Morgan fingerprint density at radius 1 is 1.17 bits per heavy atom. The molecule has 1 N–H and O–H groups in total. The number of aromatic nitrogens is 1. The van der Waals surface area contributed by atoms with Crippen LogP contribution < -0.4 is 4.74 Å². The number of aryl methyl sites for hydroxylation is 1. The molecule has 5 rings (SSSR count). The van der Waals surface area contributed by atoms with Gasteiger partial charge in [-0.1, -0.05) is 52.0 Å². The summed E-state index contributed by atoms with van der Waals surface area (Å²) in [5.41, 5.74) is 1.87. The third-order valence-electron chi connectivity index (χ3n) is 9.52. The largest absolute Gasteiger partial charge is 0.481 e. The van der Waals surface area contributed by atoms with Crippen molar-refractivity contribution in [3.63, 3.8) is 0 Å². The van der Waals surface area contributed by atoms with Crippen molar-refractivity contribution in [1.82, 2.24) is 9.88 Å². The van der Waals surface area contributed by atoms with Gasteiger partial charge in [-0.3, -0.25) is 4.79 Å². The summed E-state index contributed by atoms with van der Waals surface area (Å²) >= 11 is 0. The number of ether oxygens (including phenoxy) is 3. The molecule has 8 nitrogen and oxygen atoms in total. The second-order valence-electron chi connectivity index (χ2n) is 13.3. The highest BCUT2D eigenvalue weighted by Gasteiger charge is 2.68. The summed E-state index contributed by atoms with van der Waals surface area (Å²) in [5, 5.41) is 11.1. The van der Waals surface area contributed by atoms with Gasteiger partial charge in [0.1, 0.15) is 11.6 Å². The average Bonchev–Trinajstić information content (AvgIpc) is 3.77. The molecule has 1 unspecified atom stereocenters. The van der Waals surface area contributed by atoms with Gasteiger partial charge < -0.3 is 24.2 Å². The van der Waals surface area contributed by atoms with E-state index in [-0.39, 0.29) is 18.9 Å². The third kappa shape index (κ3) is 5.44. The number of benzene rings is 1. The molecule has 3 heterocycles. The molecule has 2 aromatic rings. The molecule has 0 bridgehead atoms. The van der Waals surface area contributed by atoms with E-state index in [4.69, 9.17) is 14.2 Å². The number of carbonyl (C=O) groups is 2. The lowest BCUT2D eigenvalue weighted by Gasteiger charge is -2.45. The number of hydrogen-bond acceptors (Lipinski definition) is 6. The molecule has 5 atom stereocenters. The lowest BCUT2D eigenvalue weighted by Crippen LogP contribution is -2.61. The predicted octanol–water partition coefficient (Wildman–Crippen LogP) is 6.21. The number of amides is 1. The van der Waals surface area contributed by atoms with Crippen LogP contribution in [0.3, 0.4) is 0 Å². The Labute approximate surface area is 249 Å². The fourth-order valence-electron chi connectivity index (χ4n) is 7.46. The first kappa shape index (κ1) is 30.5. The number of carboxylic acids is 1. The van der Waals surface area contributed by atoms with Crippen molar-refractivity contribution >= 4 is 11.9 Å². The van der Waals surface area contributed by atoms with E-state index in [9.17, 15) is 14.7 Å². The molecule has 0 spiro atoms. The second kappa shape index (κ2) is 12.0. The Bertz CT molecular complexity index is 1300. The molecule has 8 heteroatoms. The van der Waals surface area contributed by atoms with Crippen LogP contribution in [0.2, 0.25) is 0 Å². The van der Waals surface area contributed by atoms with Crippen molar-refractivity contribution in [3.8, 4) is 5.88 Å². The van der Waals surface area contributed by atoms with Crippen LogP contribution in [0, 0.1) is 18.3 Å². The minimum Gasteiger partial charge on any atom is -0.481 e. The van der Waals surface area contributed by atoms with Crippen molar-refractivity contribution in [2.75, 3.05) is 13.7 Å². The van der Waals surface area contributed by atoms with Gasteiger partial charge in [-0.2, -0.15) is 0 Å². The normalized spacial score (nSPS) is 28.1. The van der Waals surface area contributed by atoms with Crippen LogP contribution >= 0.6 is 0 Å². The maximum atomic E-state index is 14.5. The van der Waals surface area contributed by atoms with Gasteiger partial charge in [-0.25, -0.2) is 9.78 Å². The maximum absolute atomic E-state index is 14.5. The van der Waals surface area contributed by atoms with Crippen molar-refractivity contribution in [1.29, 1.82) is 0 Å². The van der Waals surface area contributed by atoms with E-state index in [2.05, 4.69) is 31.8 Å². The number of rotatable bonds is 9. The van der Waals surface area contributed by atoms with E-state index in [1.54, 1.807) is 12.0 Å². The van der Waals surface area contributed by atoms with E-state index in [0.717, 1.165) is 42.4 Å². The van der Waals surface area contributed by atoms with E-state index in [1.807, 2.05) is 44.3 Å². The number of hydrogen-bond donors (Lipinski definition) is 1. The molecule has 1 aromatic carbocycles. The molecule has 3 aliphatic rings. The van der Waals surface area contributed by atoms with Gasteiger partial charge >= 0.3 is 5.97 Å². The van der Waals surface area contributed by atoms with Crippen LogP contribution in [-0.2, 0) is 25.7 Å². The van der Waals surface area contributed by atoms with Gasteiger partial charge in [0.05, 0.1) is 25.9 Å². The van der Waals surface area contributed by atoms with Crippen LogP contribution in [0.15, 0.2) is 36.5 Å². The van der Waals surface area contributed by atoms with Crippen molar-refractivity contribution in [3.05, 3.63) is 58.8 Å². The monoisotopic (exact) mass is 578 g/mol. The lowest BCUT2D eigenvalue weighted by atomic mass is 9.66. The second-order valence-corrected chi connectivity index (χ2v) is 13.3. The van der Waals surface area contributed by atoms with E-state index in [1.165, 1.54) is 5.56 Å². The van der Waals surface area contributed by atoms with E-state index >= 15 is 0 Å². The van der Waals surface area contributed by atoms with Crippen molar-refractivity contribution < 1.29 is 28.9 Å². The zero-order chi connectivity index (χ0) is 30.2. The van der Waals surface area contributed by atoms with Crippen molar-refractivity contribution in [2.45, 2.75) is 109 Å². The summed E-state index contributed by atoms with van der Waals surface area (Å²) in [7, 11) is 1.60. The Morgan fingerprint density at radius 3 is 2.48 bits per heavy atom. The number of likely N-dealkylation sites (tertiary alicyclic amines) is 1. The summed E-state index contributed by atoms with van der Waals surface area (Å²) in [4.78, 5) is 34.4. The Kier molecular flexibility index (Phi) is 8.68. The number of carbonyl (C=O) groups excluding carboxylic acids is 1. The molecule has 2 saturated heterocycles. The Morgan fingerprint density at radius 2 is 1.90 bits per heavy atom. The number of aliphatic carboxylic acids is 1. The van der Waals surface area contributed by atoms with Gasteiger partial charge in [0.2, 0.25) is 5.88 Å². The van der Waals surface area contributed by atoms with E-state index < -0.39 is 41.1 Å². The zero-order valence-corrected chi connectivity index (χ0v) is 25.9. The topological polar surface area (TPSA) is 98.2 Å². The molecule has 228 valence electrons. The van der Waals surface area contributed by atoms with Crippen LogP contribution in [0.25, 0.3) is 0 Å². The fraction of sp³-hybridized carbons (Fsp3) is 0.618. The SMILES string of the molecule is CC[C@@]1(C(=O)O)[C@@H](C(C)(C)C)[C@H](OCc2cc(C3CC3)cnc2OC)[C@H](c2ccccc2C)N1C(=O)C1CCCCO1. The third-order valence-corrected chi connectivity index (χ3v) is 9.52. The molecule has 1 saturated carbocycles. The highest BCUT2D eigenvalue weighted by Crippen LogP contribution is 2.57. The first-order valence-electron chi connectivity index (χ1n) is 15.4. The molecular formula is C34H46N2O6. The Balaban J connectivity index is 1.66. The molecule has 3 fully saturated rings. The van der Waals surface area contributed by atoms with Crippen molar-refractivity contribution in [2.24, 2.45) is 11.3 Å². The quantitative estimate of drug-likeness (QED) is 0.378. The molecule has 1 amide bonds. The summed E-state index contributed by atoms with van der Waals surface area (Å²) in [6, 6.07) is 9.42. The highest BCUT2D eigenvalue weighted by atomic mass is 16.5. The molecule has 2 aliphatic heterocycles. The van der Waals surface area contributed by atoms with Crippen LogP contribution in [0.1, 0.15) is 100 Å². The summed E-state index contributed by atoms with van der Waals surface area (Å²) in [6.07, 6.45) is 5.49. The highest BCUT2D eigenvalue weighted by molar-refractivity contribution is 5.91. The van der Waals surface area contributed by atoms with Gasteiger partial charge in [-0.15, -0.1) is 0 Å². The number of pyridine rings is 1. The smallest absolute Gasteiger partial charge is 0.330 e. The van der Waals surface area contributed by atoms with Crippen LogP contribution in [-0.4, -0.2) is 58.3 Å². The minimum absolute atomic E-state index is 0.192. The number of carboxylic acid groups (broad SMARTS) is 1. The Hall–Kier alpha value is -2.97. The first-order chi connectivity index (χ1) is 20.0. The zero-order valence-electron chi connectivity index (χ0n) is 25.9. The predicted molar refractivity (Wildman–Crippen MR) is 159 cm³/mol.